The van der Waals surface area contributed by atoms with Gasteiger partial charge in [0, 0.05) is 32.6 Å². The SMILES string of the molecule is C[Si](C)(C)CCOCn1cnc(-c2cccnc2)n1. The second-order valence-electron chi connectivity index (χ2n) is 5.70. The van der Waals surface area contributed by atoms with Crippen LogP contribution in [0.2, 0.25) is 25.7 Å². The first-order valence-corrected chi connectivity index (χ1v) is 10.1. The van der Waals surface area contributed by atoms with Crippen molar-refractivity contribution in [3.05, 3.63) is 30.9 Å². The fourth-order valence-corrected chi connectivity index (χ4v) is 2.28. The summed E-state index contributed by atoms with van der Waals surface area (Å²) in [6.07, 6.45) is 5.18. The van der Waals surface area contributed by atoms with Gasteiger partial charge in [-0.15, -0.1) is 5.10 Å². The van der Waals surface area contributed by atoms with Crippen molar-refractivity contribution < 1.29 is 4.74 Å². The van der Waals surface area contributed by atoms with E-state index in [1.807, 2.05) is 12.1 Å². The number of nitrogens with zero attached hydrogens (tertiary/aromatic N) is 4. The van der Waals surface area contributed by atoms with Gasteiger partial charge in [-0.05, 0) is 18.2 Å². The van der Waals surface area contributed by atoms with Crippen LogP contribution in [0.5, 0.6) is 0 Å². The maximum atomic E-state index is 5.62. The van der Waals surface area contributed by atoms with E-state index in [0.29, 0.717) is 12.6 Å². The number of ether oxygens (including phenoxy) is 1. The Balaban J connectivity index is 1.85. The molecule has 2 aromatic heterocycles. The molecular formula is C13H20N4OSi. The number of aromatic nitrogens is 4. The molecule has 0 amide bonds. The molecule has 0 aromatic carbocycles. The maximum absolute atomic E-state index is 5.62. The Kier molecular flexibility index (Phi) is 4.44. The fourth-order valence-electron chi connectivity index (χ4n) is 1.52. The molecule has 0 aliphatic rings. The minimum absolute atomic E-state index is 0.456. The Morgan fingerprint density at radius 3 is 2.84 bits per heavy atom. The summed E-state index contributed by atoms with van der Waals surface area (Å²) in [6.45, 7) is 8.26. The first-order valence-electron chi connectivity index (χ1n) is 6.42. The minimum atomic E-state index is -1.02. The first-order chi connectivity index (χ1) is 9.04. The van der Waals surface area contributed by atoms with Gasteiger partial charge in [0.05, 0.1) is 0 Å². The van der Waals surface area contributed by atoms with Gasteiger partial charge in [0.2, 0.25) is 0 Å². The van der Waals surface area contributed by atoms with Crippen molar-refractivity contribution in [1.29, 1.82) is 0 Å². The summed E-state index contributed by atoms with van der Waals surface area (Å²) in [5.41, 5.74) is 0.920. The molecule has 2 aromatic rings. The van der Waals surface area contributed by atoms with Crippen LogP contribution in [0.1, 0.15) is 0 Å². The third-order valence-corrected chi connectivity index (χ3v) is 4.38. The molecule has 2 rings (SSSR count). The molecule has 0 bridgehead atoms. The van der Waals surface area contributed by atoms with Crippen LogP contribution in [0.3, 0.4) is 0 Å². The van der Waals surface area contributed by atoms with Gasteiger partial charge in [-0.3, -0.25) is 4.98 Å². The molecule has 19 heavy (non-hydrogen) atoms. The summed E-state index contributed by atoms with van der Waals surface area (Å²) in [7, 11) is -1.02. The van der Waals surface area contributed by atoms with Crippen molar-refractivity contribution in [2.24, 2.45) is 0 Å². The molecule has 2 heterocycles. The van der Waals surface area contributed by atoms with E-state index < -0.39 is 8.07 Å². The summed E-state index contributed by atoms with van der Waals surface area (Å²) in [4.78, 5) is 8.31. The van der Waals surface area contributed by atoms with Gasteiger partial charge in [-0.1, -0.05) is 19.6 Å². The van der Waals surface area contributed by atoms with Crippen LogP contribution >= 0.6 is 0 Å². The monoisotopic (exact) mass is 276 g/mol. The highest BCUT2D eigenvalue weighted by molar-refractivity contribution is 6.76. The third kappa shape index (κ3) is 4.57. The zero-order valence-corrected chi connectivity index (χ0v) is 12.7. The lowest BCUT2D eigenvalue weighted by atomic mass is 10.3. The predicted octanol–water partition coefficient (Wildman–Crippen LogP) is 2.65. The molecule has 0 atom stereocenters. The molecule has 0 unspecified atom stereocenters. The van der Waals surface area contributed by atoms with Crippen molar-refractivity contribution in [1.82, 2.24) is 19.7 Å². The smallest absolute Gasteiger partial charge is 0.182 e. The van der Waals surface area contributed by atoms with Crippen LogP contribution in [0.15, 0.2) is 30.9 Å². The molecule has 0 aliphatic carbocycles. The highest BCUT2D eigenvalue weighted by Gasteiger charge is 2.12. The van der Waals surface area contributed by atoms with Gasteiger partial charge >= 0.3 is 0 Å². The highest BCUT2D eigenvalue weighted by atomic mass is 28.3. The van der Waals surface area contributed by atoms with E-state index in [1.165, 1.54) is 0 Å². The zero-order chi connectivity index (χ0) is 13.7. The summed E-state index contributed by atoms with van der Waals surface area (Å²) >= 11 is 0. The van der Waals surface area contributed by atoms with E-state index >= 15 is 0 Å². The third-order valence-electron chi connectivity index (χ3n) is 2.68. The highest BCUT2D eigenvalue weighted by Crippen LogP contribution is 2.11. The second-order valence-corrected chi connectivity index (χ2v) is 11.3. The van der Waals surface area contributed by atoms with E-state index in [4.69, 9.17) is 4.74 Å². The van der Waals surface area contributed by atoms with Gasteiger partial charge in [0.1, 0.15) is 13.1 Å². The van der Waals surface area contributed by atoms with E-state index in [0.717, 1.165) is 18.2 Å². The maximum Gasteiger partial charge on any atom is 0.182 e. The van der Waals surface area contributed by atoms with Gasteiger partial charge in [0.25, 0.3) is 0 Å². The molecule has 5 nitrogen and oxygen atoms in total. The van der Waals surface area contributed by atoms with Crippen LogP contribution in [-0.4, -0.2) is 34.4 Å². The van der Waals surface area contributed by atoms with Crippen LogP contribution in [0, 0.1) is 0 Å². The minimum Gasteiger partial charge on any atom is -0.359 e. The Morgan fingerprint density at radius 2 is 2.16 bits per heavy atom. The largest absolute Gasteiger partial charge is 0.359 e. The molecule has 0 aliphatic heterocycles. The Labute approximate surface area is 114 Å². The Morgan fingerprint density at radius 1 is 1.32 bits per heavy atom. The molecule has 0 radical (unpaired) electrons. The molecule has 0 fully saturated rings. The van der Waals surface area contributed by atoms with Crippen LogP contribution < -0.4 is 0 Å². The molecule has 102 valence electrons. The molecule has 0 saturated carbocycles. The summed E-state index contributed by atoms with van der Waals surface area (Å²) < 4.78 is 7.34. The normalized spacial score (nSPS) is 11.7. The van der Waals surface area contributed by atoms with Gasteiger partial charge in [0.15, 0.2) is 5.82 Å². The summed E-state index contributed by atoms with van der Waals surface area (Å²) in [5.74, 6) is 0.682. The quantitative estimate of drug-likeness (QED) is 0.601. The van der Waals surface area contributed by atoms with Crippen molar-refractivity contribution in [3.8, 4) is 11.4 Å². The first kappa shape index (κ1) is 13.9. The van der Waals surface area contributed by atoms with Gasteiger partial charge < -0.3 is 4.74 Å². The molecule has 0 spiro atoms. The molecule has 0 saturated heterocycles. The molecule has 0 N–H and O–H groups in total. The number of rotatable bonds is 6. The van der Waals surface area contributed by atoms with Crippen molar-refractivity contribution in [2.45, 2.75) is 32.4 Å². The van der Waals surface area contributed by atoms with Gasteiger partial charge in [-0.25, -0.2) is 9.67 Å². The van der Waals surface area contributed by atoms with Crippen LogP contribution in [0.25, 0.3) is 11.4 Å². The van der Waals surface area contributed by atoms with E-state index in [-0.39, 0.29) is 0 Å². The topological polar surface area (TPSA) is 52.8 Å². The lowest BCUT2D eigenvalue weighted by Gasteiger charge is -2.15. The standard InChI is InChI=1S/C13H20N4OSi/c1-19(2,3)8-7-18-11-17-10-15-13(16-17)12-5-4-6-14-9-12/h4-6,9-10H,7-8,11H2,1-3H3. The van der Waals surface area contributed by atoms with E-state index in [2.05, 4.69) is 34.7 Å². The fraction of sp³-hybridized carbons (Fsp3) is 0.462. The number of hydrogen-bond donors (Lipinski definition) is 0. The van der Waals surface area contributed by atoms with Crippen molar-refractivity contribution >= 4 is 8.07 Å². The lowest BCUT2D eigenvalue weighted by molar-refractivity contribution is 0.0785. The van der Waals surface area contributed by atoms with Crippen LogP contribution in [-0.2, 0) is 11.5 Å². The molecule has 6 heteroatoms. The summed E-state index contributed by atoms with van der Waals surface area (Å²) in [5, 5.41) is 4.37. The van der Waals surface area contributed by atoms with Crippen molar-refractivity contribution in [2.75, 3.05) is 6.61 Å². The number of pyridine rings is 1. The van der Waals surface area contributed by atoms with Crippen LogP contribution in [0.4, 0.5) is 0 Å². The average molecular weight is 276 g/mol. The van der Waals surface area contributed by atoms with Crippen molar-refractivity contribution in [3.63, 3.8) is 0 Å². The molecular weight excluding hydrogens is 256 g/mol. The average Bonchev–Trinajstić information content (AvgIpc) is 2.83. The van der Waals surface area contributed by atoms with E-state index in [9.17, 15) is 0 Å². The summed E-state index contributed by atoms with van der Waals surface area (Å²) in [6, 6.07) is 4.98. The van der Waals surface area contributed by atoms with E-state index in [1.54, 1.807) is 23.4 Å². The predicted molar refractivity (Wildman–Crippen MR) is 77.4 cm³/mol. The Hall–Kier alpha value is -1.53. The lowest BCUT2D eigenvalue weighted by Crippen LogP contribution is -2.22. The Bertz CT molecular complexity index is 507. The zero-order valence-electron chi connectivity index (χ0n) is 11.7. The number of hydrogen-bond acceptors (Lipinski definition) is 4. The van der Waals surface area contributed by atoms with Gasteiger partial charge in [-0.2, -0.15) is 0 Å². The second kappa shape index (κ2) is 6.07.